The first-order chi connectivity index (χ1) is 15.2. The molecule has 2 aromatic carbocycles. The number of hydrogen-bond acceptors (Lipinski definition) is 6. The SMILES string of the molecule is Cc1cc(C)c(S(=O)(=O)Nc2ccc(Oc3cc(-n4ccnc4C)ncn3)cc2)cc1C. The van der Waals surface area contributed by atoms with E-state index in [1.807, 2.05) is 31.4 Å². The quantitative estimate of drug-likeness (QED) is 0.466. The van der Waals surface area contributed by atoms with E-state index >= 15 is 0 Å². The van der Waals surface area contributed by atoms with Crippen molar-refractivity contribution in [1.82, 2.24) is 19.5 Å². The smallest absolute Gasteiger partial charge is 0.262 e. The normalized spacial score (nSPS) is 11.4. The summed E-state index contributed by atoms with van der Waals surface area (Å²) in [5.41, 5.74) is 3.12. The Morgan fingerprint density at radius 2 is 1.59 bits per heavy atom. The van der Waals surface area contributed by atoms with Gasteiger partial charge in [0.2, 0.25) is 5.88 Å². The van der Waals surface area contributed by atoms with Crippen molar-refractivity contribution in [1.29, 1.82) is 0 Å². The van der Waals surface area contributed by atoms with Crippen LogP contribution in [0.2, 0.25) is 0 Å². The molecule has 0 radical (unpaired) electrons. The summed E-state index contributed by atoms with van der Waals surface area (Å²) in [4.78, 5) is 12.8. The Kier molecular flexibility index (Phi) is 5.67. The molecule has 0 atom stereocenters. The third-order valence-electron chi connectivity index (χ3n) is 5.11. The molecular weight excluding hydrogens is 426 g/mol. The highest BCUT2D eigenvalue weighted by Crippen LogP contribution is 2.26. The third kappa shape index (κ3) is 4.47. The Hall–Kier alpha value is -3.72. The second kappa shape index (κ2) is 8.43. The molecule has 0 aliphatic carbocycles. The van der Waals surface area contributed by atoms with Crippen molar-refractivity contribution in [3.63, 3.8) is 0 Å². The molecule has 0 bridgehead atoms. The van der Waals surface area contributed by atoms with E-state index in [-0.39, 0.29) is 4.90 Å². The second-order valence-electron chi connectivity index (χ2n) is 7.49. The van der Waals surface area contributed by atoms with E-state index in [9.17, 15) is 8.42 Å². The van der Waals surface area contributed by atoms with Crippen LogP contribution in [0, 0.1) is 27.7 Å². The Labute approximate surface area is 187 Å². The number of hydrogen-bond donors (Lipinski definition) is 1. The van der Waals surface area contributed by atoms with Crippen LogP contribution in [0.3, 0.4) is 0 Å². The van der Waals surface area contributed by atoms with Gasteiger partial charge in [-0.2, -0.15) is 0 Å². The summed E-state index contributed by atoms with van der Waals surface area (Å²) in [5.74, 6) is 2.31. The van der Waals surface area contributed by atoms with Crippen LogP contribution in [0.25, 0.3) is 5.82 Å². The average Bonchev–Trinajstić information content (AvgIpc) is 3.18. The number of aromatic nitrogens is 4. The number of benzene rings is 2. The highest BCUT2D eigenvalue weighted by atomic mass is 32.2. The average molecular weight is 450 g/mol. The molecule has 32 heavy (non-hydrogen) atoms. The molecule has 0 saturated carbocycles. The minimum absolute atomic E-state index is 0.268. The first-order valence-corrected chi connectivity index (χ1v) is 11.4. The minimum atomic E-state index is -3.71. The topological polar surface area (TPSA) is 99.0 Å². The van der Waals surface area contributed by atoms with Gasteiger partial charge < -0.3 is 4.74 Å². The van der Waals surface area contributed by atoms with Crippen molar-refractivity contribution < 1.29 is 13.2 Å². The van der Waals surface area contributed by atoms with Gasteiger partial charge in [-0.3, -0.25) is 9.29 Å². The van der Waals surface area contributed by atoms with Crippen LogP contribution < -0.4 is 9.46 Å². The first kappa shape index (κ1) is 21.5. The van der Waals surface area contributed by atoms with Gasteiger partial charge in [0.25, 0.3) is 10.0 Å². The van der Waals surface area contributed by atoms with Gasteiger partial charge in [0.1, 0.15) is 23.7 Å². The maximum absolute atomic E-state index is 12.9. The number of aryl methyl sites for hydroxylation is 4. The number of imidazole rings is 1. The van der Waals surface area contributed by atoms with Crippen molar-refractivity contribution in [3.8, 4) is 17.4 Å². The van der Waals surface area contributed by atoms with E-state index < -0.39 is 10.0 Å². The summed E-state index contributed by atoms with van der Waals surface area (Å²) >= 11 is 0. The van der Waals surface area contributed by atoms with Gasteiger partial charge in [-0.15, -0.1) is 0 Å². The fourth-order valence-corrected chi connectivity index (χ4v) is 4.65. The maximum atomic E-state index is 12.9. The summed E-state index contributed by atoms with van der Waals surface area (Å²) in [5, 5.41) is 0. The molecule has 164 valence electrons. The van der Waals surface area contributed by atoms with E-state index in [0.29, 0.717) is 28.7 Å². The lowest BCUT2D eigenvalue weighted by atomic mass is 10.1. The van der Waals surface area contributed by atoms with E-state index in [0.717, 1.165) is 17.0 Å². The summed E-state index contributed by atoms with van der Waals surface area (Å²) < 4.78 is 36.0. The number of rotatable bonds is 6. The lowest BCUT2D eigenvalue weighted by molar-refractivity contribution is 0.461. The van der Waals surface area contributed by atoms with Crippen molar-refractivity contribution in [2.75, 3.05) is 4.72 Å². The highest BCUT2D eigenvalue weighted by Gasteiger charge is 2.18. The zero-order chi connectivity index (χ0) is 22.9. The van der Waals surface area contributed by atoms with E-state index in [1.54, 1.807) is 55.7 Å². The highest BCUT2D eigenvalue weighted by molar-refractivity contribution is 7.92. The lowest BCUT2D eigenvalue weighted by Crippen LogP contribution is -2.14. The molecule has 4 rings (SSSR count). The predicted molar refractivity (Wildman–Crippen MR) is 122 cm³/mol. The van der Waals surface area contributed by atoms with Crippen LogP contribution in [0.1, 0.15) is 22.5 Å². The number of anilines is 1. The van der Waals surface area contributed by atoms with Gasteiger partial charge in [-0.05, 0) is 74.7 Å². The minimum Gasteiger partial charge on any atom is -0.439 e. The Morgan fingerprint density at radius 1 is 0.875 bits per heavy atom. The number of ether oxygens (including phenoxy) is 1. The predicted octanol–water partition coefficient (Wildman–Crippen LogP) is 4.49. The van der Waals surface area contributed by atoms with Gasteiger partial charge in [0, 0.05) is 24.1 Å². The summed E-state index contributed by atoms with van der Waals surface area (Å²) in [6, 6.07) is 11.9. The van der Waals surface area contributed by atoms with E-state index in [2.05, 4.69) is 19.7 Å². The van der Waals surface area contributed by atoms with Gasteiger partial charge in [-0.1, -0.05) is 6.07 Å². The van der Waals surface area contributed by atoms with Gasteiger partial charge >= 0.3 is 0 Å². The lowest BCUT2D eigenvalue weighted by Gasteiger charge is -2.13. The molecule has 8 nitrogen and oxygen atoms in total. The summed E-state index contributed by atoms with van der Waals surface area (Å²) in [6.07, 6.45) is 4.91. The molecule has 0 aliphatic rings. The summed E-state index contributed by atoms with van der Waals surface area (Å²) in [7, 11) is -3.71. The third-order valence-corrected chi connectivity index (χ3v) is 6.63. The van der Waals surface area contributed by atoms with E-state index in [4.69, 9.17) is 4.74 Å². The molecule has 2 aromatic heterocycles. The van der Waals surface area contributed by atoms with Crippen molar-refractivity contribution in [3.05, 3.63) is 83.7 Å². The molecule has 0 fully saturated rings. The standard InChI is InChI=1S/C23H23N5O3S/c1-15-11-17(3)21(12-16(15)2)32(29,30)27-19-5-7-20(8-6-19)31-23-13-22(25-14-26-23)28-10-9-24-18(28)4/h5-14,27H,1-4H3. The van der Waals surface area contributed by atoms with Gasteiger partial charge in [0.05, 0.1) is 4.90 Å². The van der Waals surface area contributed by atoms with E-state index in [1.165, 1.54) is 6.33 Å². The Balaban J connectivity index is 1.51. The van der Waals surface area contributed by atoms with Crippen molar-refractivity contribution >= 4 is 15.7 Å². The van der Waals surface area contributed by atoms with Crippen LogP contribution in [-0.2, 0) is 10.0 Å². The zero-order valence-electron chi connectivity index (χ0n) is 18.2. The Morgan fingerprint density at radius 3 is 2.28 bits per heavy atom. The number of nitrogens with zero attached hydrogens (tertiary/aromatic N) is 4. The van der Waals surface area contributed by atoms with Crippen LogP contribution in [0.15, 0.2) is 66.1 Å². The van der Waals surface area contributed by atoms with Crippen LogP contribution in [0.5, 0.6) is 11.6 Å². The van der Waals surface area contributed by atoms with Crippen molar-refractivity contribution in [2.45, 2.75) is 32.6 Å². The maximum Gasteiger partial charge on any atom is 0.262 e. The van der Waals surface area contributed by atoms with Gasteiger partial charge in [0.15, 0.2) is 0 Å². The fourth-order valence-electron chi connectivity index (χ4n) is 3.28. The van der Waals surface area contributed by atoms with Crippen molar-refractivity contribution in [2.24, 2.45) is 0 Å². The molecule has 9 heteroatoms. The van der Waals surface area contributed by atoms with Crippen LogP contribution in [-0.4, -0.2) is 27.9 Å². The van der Waals surface area contributed by atoms with Gasteiger partial charge in [-0.25, -0.2) is 23.4 Å². The monoisotopic (exact) mass is 449 g/mol. The van der Waals surface area contributed by atoms with Crippen LogP contribution >= 0.6 is 0 Å². The molecular formula is C23H23N5O3S. The Bertz CT molecular complexity index is 1380. The number of sulfonamides is 1. The summed E-state index contributed by atoms with van der Waals surface area (Å²) in [6.45, 7) is 7.52. The zero-order valence-corrected chi connectivity index (χ0v) is 19.0. The molecule has 2 heterocycles. The molecule has 0 aliphatic heterocycles. The second-order valence-corrected chi connectivity index (χ2v) is 9.14. The van der Waals surface area contributed by atoms with Crippen LogP contribution in [0.4, 0.5) is 5.69 Å². The molecule has 0 amide bonds. The molecule has 0 spiro atoms. The molecule has 0 saturated heterocycles. The largest absolute Gasteiger partial charge is 0.439 e. The molecule has 0 unspecified atom stereocenters. The fraction of sp³-hybridized carbons (Fsp3) is 0.174. The number of nitrogens with one attached hydrogen (secondary N) is 1. The molecule has 1 N–H and O–H groups in total. The molecule has 4 aromatic rings. The first-order valence-electron chi connectivity index (χ1n) is 9.94.